The van der Waals surface area contributed by atoms with Gasteiger partial charge in [0.2, 0.25) is 0 Å². The van der Waals surface area contributed by atoms with E-state index in [-0.39, 0.29) is 5.91 Å². The summed E-state index contributed by atoms with van der Waals surface area (Å²) in [5, 5.41) is 1.59. The minimum atomic E-state index is 0.0967. The van der Waals surface area contributed by atoms with Crippen molar-refractivity contribution in [3.8, 4) is 5.75 Å². The Bertz CT molecular complexity index is 649. The third kappa shape index (κ3) is 5.06. The van der Waals surface area contributed by atoms with Crippen molar-refractivity contribution >= 4 is 5.91 Å². The highest BCUT2D eigenvalue weighted by atomic mass is 16.7. The zero-order valence-electron chi connectivity index (χ0n) is 17.8. The van der Waals surface area contributed by atoms with Gasteiger partial charge in [-0.15, -0.1) is 0 Å². The monoisotopic (exact) mass is 388 g/mol. The van der Waals surface area contributed by atoms with Gasteiger partial charge in [0.15, 0.2) is 0 Å². The van der Waals surface area contributed by atoms with Crippen LogP contribution in [0.2, 0.25) is 0 Å². The molecule has 2 aliphatic heterocycles. The van der Waals surface area contributed by atoms with Crippen molar-refractivity contribution in [3.63, 3.8) is 0 Å². The largest absolute Gasteiger partial charge is 0.493 e. The van der Waals surface area contributed by atoms with Crippen LogP contribution in [0.1, 0.15) is 69.9 Å². The van der Waals surface area contributed by atoms with Gasteiger partial charge in [-0.25, -0.2) is 5.06 Å². The third-order valence-electron chi connectivity index (χ3n) is 5.83. The van der Waals surface area contributed by atoms with Crippen molar-refractivity contribution in [2.75, 3.05) is 32.8 Å². The van der Waals surface area contributed by atoms with Crippen LogP contribution in [0.3, 0.4) is 0 Å². The van der Waals surface area contributed by atoms with Crippen molar-refractivity contribution < 1.29 is 14.4 Å². The Labute approximate surface area is 169 Å². The summed E-state index contributed by atoms with van der Waals surface area (Å²) in [5.41, 5.74) is 2.73. The van der Waals surface area contributed by atoms with Gasteiger partial charge in [-0.1, -0.05) is 39.3 Å². The molecule has 5 nitrogen and oxygen atoms in total. The summed E-state index contributed by atoms with van der Waals surface area (Å²) in [6.45, 7) is 9.85. The van der Waals surface area contributed by atoms with Crippen LogP contribution in [0.15, 0.2) is 18.2 Å². The normalized spacial score (nSPS) is 21.5. The summed E-state index contributed by atoms with van der Waals surface area (Å²) in [5.74, 6) is 1.63. The number of amides is 1. The van der Waals surface area contributed by atoms with Gasteiger partial charge in [-0.3, -0.25) is 14.5 Å². The highest BCUT2D eigenvalue weighted by Gasteiger charge is 2.34. The smallest absolute Gasteiger partial charge is 0.260 e. The number of carbonyl (C=O) groups is 1. The molecule has 2 aliphatic rings. The van der Waals surface area contributed by atoms with Crippen LogP contribution in [0, 0.1) is 0 Å². The quantitative estimate of drug-likeness (QED) is 0.565. The van der Waals surface area contributed by atoms with E-state index in [1.807, 2.05) is 0 Å². The molecule has 156 valence electrons. The molecule has 0 aromatic heterocycles. The topological polar surface area (TPSA) is 42.0 Å². The number of likely N-dealkylation sites (tertiary alicyclic amines) is 1. The summed E-state index contributed by atoms with van der Waals surface area (Å²) >= 11 is 0. The standard InChI is InChI=1S/C23H36N2O3/c1-4-7-21-15-20(18-8-9-22-19(14-18)10-13-27-22)16-24(21)17-23(26)25(11-5-2)28-12-6-3/h8-9,14,20-21H,4-7,10-13,15-17H2,1-3H3. The van der Waals surface area contributed by atoms with Crippen LogP contribution in [0.25, 0.3) is 0 Å². The number of benzene rings is 1. The van der Waals surface area contributed by atoms with Gasteiger partial charge in [-0.05, 0) is 48.8 Å². The third-order valence-corrected chi connectivity index (χ3v) is 5.83. The van der Waals surface area contributed by atoms with Gasteiger partial charge in [-0.2, -0.15) is 0 Å². The molecule has 3 rings (SSSR count). The molecular weight excluding hydrogens is 352 g/mol. The van der Waals surface area contributed by atoms with Crippen LogP contribution < -0.4 is 4.74 Å². The average molecular weight is 389 g/mol. The lowest BCUT2D eigenvalue weighted by Crippen LogP contribution is -2.42. The maximum absolute atomic E-state index is 12.9. The minimum Gasteiger partial charge on any atom is -0.493 e. The molecule has 28 heavy (non-hydrogen) atoms. The maximum Gasteiger partial charge on any atom is 0.260 e. The average Bonchev–Trinajstić information content (AvgIpc) is 3.32. The summed E-state index contributed by atoms with van der Waals surface area (Å²) < 4.78 is 5.66. The van der Waals surface area contributed by atoms with Crippen LogP contribution in [-0.2, 0) is 16.1 Å². The second kappa shape index (κ2) is 10.3. The molecule has 1 saturated heterocycles. The number of hydroxylamine groups is 2. The molecule has 0 aliphatic carbocycles. The Morgan fingerprint density at radius 3 is 2.86 bits per heavy atom. The molecule has 5 heteroatoms. The van der Waals surface area contributed by atoms with Crippen molar-refractivity contribution in [1.29, 1.82) is 0 Å². The first kappa shape index (κ1) is 21.1. The van der Waals surface area contributed by atoms with Crippen LogP contribution >= 0.6 is 0 Å². The summed E-state index contributed by atoms with van der Waals surface area (Å²) in [6, 6.07) is 7.14. The summed E-state index contributed by atoms with van der Waals surface area (Å²) in [6.07, 6.45) is 6.25. The first-order chi connectivity index (χ1) is 13.7. The van der Waals surface area contributed by atoms with E-state index in [2.05, 4.69) is 43.9 Å². The van der Waals surface area contributed by atoms with Crippen molar-refractivity contribution in [1.82, 2.24) is 9.96 Å². The van der Waals surface area contributed by atoms with E-state index in [4.69, 9.17) is 9.57 Å². The van der Waals surface area contributed by atoms with Gasteiger partial charge >= 0.3 is 0 Å². The summed E-state index contributed by atoms with van der Waals surface area (Å²) in [7, 11) is 0. The van der Waals surface area contributed by atoms with E-state index in [1.165, 1.54) is 11.1 Å². The molecule has 0 bridgehead atoms. The second-order valence-corrected chi connectivity index (χ2v) is 8.10. The van der Waals surface area contributed by atoms with Crippen LogP contribution in [0.4, 0.5) is 0 Å². The number of rotatable bonds is 10. The lowest BCUT2D eigenvalue weighted by atomic mass is 9.93. The number of ether oxygens (including phenoxy) is 1. The highest BCUT2D eigenvalue weighted by Crippen LogP contribution is 2.36. The number of carbonyl (C=O) groups excluding carboxylic acids is 1. The van der Waals surface area contributed by atoms with Crippen molar-refractivity contribution in [2.45, 2.75) is 71.3 Å². The predicted octanol–water partition coefficient (Wildman–Crippen LogP) is 4.16. The lowest BCUT2D eigenvalue weighted by Gasteiger charge is -2.27. The highest BCUT2D eigenvalue weighted by molar-refractivity contribution is 5.77. The van der Waals surface area contributed by atoms with Gasteiger partial charge in [0.1, 0.15) is 5.75 Å². The van der Waals surface area contributed by atoms with E-state index in [0.29, 0.717) is 31.7 Å². The first-order valence-corrected chi connectivity index (χ1v) is 11.1. The number of fused-ring (bicyclic) bond motifs is 1. The van der Waals surface area contributed by atoms with Gasteiger partial charge in [0.05, 0.1) is 19.8 Å². The molecular formula is C23H36N2O3. The Morgan fingerprint density at radius 1 is 1.25 bits per heavy atom. The minimum absolute atomic E-state index is 0.0967. The Balaban J connectivity index is 1.66. The first-order valence-electron chi connectivity index (χ1n) is 11.1. The lowest BCUT2D eigenvalue weighted by molar-refractivity contribution is -0.188. The zero-order chi connectivity index (χ0) is 19.9. The Morgan fingerprint density at radius 2 is 2.11 bits per heavy atom. The molecule has 0 N–H and O–H groups in total. The molecule has 1 fully saturated rings. The van der Waals surface area contributed by atoms with Crippen LogP contribution in [0.5, 0.6) is 5.75 Å². The molecule has 2 heterocycles. The van der Waals surface area contributed by atoms with E-state index in [0.717, 1.165) is 57.4 Å². The predicted molar refractivity (Wildman–Crippen MR) is 112 cm³/mol. The molecule has 0 saturated carbocycles. The fourth-order valence-corrected chi connectivity index (χ4v) is 4.43. The molecule has 0 spiro atoms. The van der Waals surface area contributed by atoms with Crippen molar-refractivity contribution in [3.05, 3.63) is 29.3 Å². The zero-order valence-corrected chi connectivity index (χ0v) is 17.8. The molecule has 1 aromatic carbocycles. The van der Waals surface area contributed by atoms with Gasteiger partial charge < -0.3 is 4.74 Å². The van der Waals surface area contributed by atoms with E-state index in [9.17, 15) is 4.79 Å². The van der Waals surface area contributed by atoms with Crippen molar-refractivity contribution in [2.24, 2.45) is 0 Å². The second-order valence-electron chi connectivity index (χ2n) is 8.10. The fourth-order valence-electron chi connectivity index (χ4n) is 4.43. The number of hydrogen-bond acceptors (Lipinski definition) is 4. The molecule has 1 aromatic rings. The number of hydrogen-bond donors (Lipinski definition) is 0. The molecule has 2 unspecified atom stereocenters. The molecule has 2 atom stereocenters. The van der Waals surface area contributed by atoms with Gasteiger partial charge in [0.25, 0.3) is 5.91 Å². The number of nitrogens with zero attached hydrogens (tertiary/aromatic N) is 2. The van der Waals surface area contributed by atoms with Crippen LogP contribution in [-0.4, -0.2) is 54.8 Å². The fraction of sp³-hybridized carbons (Fsp3) is 0.696. The Kier molecular flexibility index (Phi) is 7.74. The van der Waals surface area contributed by atoms with E-state index >= 15 is 0 Å². The van der Waals surface area contributed by atoms with E-state index in [1.54, 1.807) is 5.06 Å². The van der Waals surface area contributed by atoms with Gasteiger partial charge in [0, 0.05) is 25.6 Å². The molecule has 1 amide bonds. The summed E-state index contributed by atoms with van der Waals surface area (Å²) in [4.78, 5) is 21.0. The Hall–Kier alpha value is -1.59. The maximum atomic E-state index is 12.9. The molecule has 0 radical (unpaired) electrons. The van der Waals surface area contributed by atoms with E-state index < -0.39 is 0 Å². The SMILES string of the molecule is CCCON(CCC)C(=O)CN1CC(c2ccc3c(c2)CCO3)CC1CCC.